The molecule has 0 amide bonds. The summed E-state index contributed by atoms with van der Waals surface area (Å²) in [5.41, 5.74) is 6.52. The van der Waals surface area contributed by atoms with Crippen molar-refractivity contribution in [1.29, 1.82) is 0 Å². The number of halogens is 1. The Morgan fingerprint density at radius 1 is 1.42 bits per heavy atom. The third kappa shape index (κ3) is 3.03. The molecule has 0 atom stereocenters. The first-order chi connectivity index (χ1) is 8.97. The molecule has 2 rings (SSSR count). The molecule has 0 saturated heterocycles. The number of aromatic nitrogens is 1. The van der Waals surface area contributed by atoms with Crippen molar-refractivity contribution >= 4 is 27.6 Å². The molecule has 0 bridgehead atoms. The molecule has 1 aromatic carbocycles. The van der Waals surface area contributed by atoms with Gasteiger partial charge in [-0.1, -0.05) is 22.0 Å². The second-order valence-corrected chi connectivity index (χ2v) is 4.84. The molecule has 19 heavy (non-hydrogen) atoms. The molecule has 0 saturated carbocycles. The molecule has 0 fully saturated rings. The van der Waals surface area contributed by atoms with E-state index in [0.717, 1.165) is 10.0 Å². The molecule has 3 N–H and O–H groups in total. The molecule has 1 heterocycles. The number of benzene rings is 1. The molecule has 0 aliphatic heterocycles. The minimum atomic E-state index is -1.12. The van der Waals surface area contributed by atoms with Crippen LogP contribution in [0, 0.1) is 6.92 Å². The van der Waals surface area contributed by atoms with Gasteiger partial charge in [-0.15, -0.1) is 0 Å². The summed E-state index contributed by atoms with van der Waals surface area (Å²) in [7, 11) is 0. The van der Waals surface area contributed by atoms with E-state index >= 15 is 0 Å². The van der Waals surface area contributed by atoms with E-state index in [1.807, 2.05) is 19.1 Å². The second kappa shape index (κ2) is 5.27. The number of hydrogen-bond acceptors (Lipinski definition) is 4. The van der Waals surface area contributed by atoms with E-state index in [4.69, 9.17) is 15.6 Å². The van der Waals surface area contributed by atoms with Crippen molar-refractivity contribution in [3.8, 4) is 11.6 Å². The van der Waals surface area contributed by atoms with Crippen molar-refractivity contribution in [2.24, 2.45) is 0 Å². The number of pyridine rings is 1. The molecule has 0 aliphatic carbocycles. The summed E-state index contributed by atoms with van der Waals surface area (Å²) in [6.07, 6.45) is 1.27. The maximum atomic E-state index is 11.0. The zero-order valence-electron chi connectivity index (χ0n) is 10.1. The highest BCUT2D eigenvalue weighted by Crippen LogP contribution is 2.28. The van der Waals surface area contributed by atoms with Gasteiger partial charge >= 0.3 is 5.97 Å². The minimum Gasteiger partial charge on any atom is -0.478 e. The molecule has 1 aromatic heterocycles. The van der Waals surface area contributed by atoms with E-state index in [2.05, 4.69) is 20.9 Å². The van der Waals surface area contributed by atoms with Gasteiger partial charge in [0.2, 0.25) is 5.88 Å². The van der Waals surface area contributed by atoms with E-state index in [1.54, 1.807) is 6.07 Å². The van der Waals surface area contributed by atoms with Gasteiger partial charge in [0.05, 0.1) is 17.4 Å². The van der Waals surface area contributed by atoms with Gasteiger partial charge < -0.3 is 15.6 Å². The zero-order valence-corrected chi connectivity index (χ0v) is 11.6. The second-order valence-electron chi connectivity index (χ2n) is 3.93. The number of carboxylic acids is 1. The molecular formula is C13H11BrN2O3. The summed E-state index contributed by atoms with van der Waals surface area (Å²) in [5.74, 6) is -0.327. The largest absolute Gasteiger partial charge is 0.478 e. The van der Waals surface area contributed by atoms with Crippen LogP contribution in [-0.4, -0.2) is 16.1 Å². The third-order valence-corrected chi connectivity index (χ3v) is 3.00. The number of anilines is 1. The highest BCUT2D eigenvalue weighted by molar-refractivity contribution is 9.10. The van der Waals surface area contributed by atoms with Crippen molar-refractivity contribution in [1.82, 2.24) is 4.98 Å². The SMILES string of the molecule is Cc1ccc(Br)cc1Oc1cc(C(=O)O)c(N)cn1. The van der Waals surface area contributed by atoms with Gasteiger partial charge in [0.15, 0.2) is 0 Å². The summed E-state index contributed by atoms with van der Waals surface area (Å²) in [6, 6.07) is 6.86. The normalized spacial score (nSPS) is 10.2. The standard InChI is InChI=1S/C13H11BrN2O3/c1-7-2-3-8(14)4-11(7)19-12-5-9(13(17)18)10(15)6-16-12/h2-6H,15H2,1H3,(H,17,18). The maximum absolute atomic E-state index is 11.0. The van der Waals surface area contributed by atoms with E-state index in [-0.39, 0.29) is 17.1 Å². The van der Waals surface area contributed by atoms with Gasteiger partial charge in [-0.2, -0.15) is 0 Å². The Morgan fingerprint density at radius 3 is 2.84 bits per heavy atom. The van der Waals surface area contributed by atoms with Crippen LogP contribution in [0.3, 0.4) is 0 Å². The smallest absolute Gasteiger partial charge is 0.338 e. The minimum absolute atomic E-state index is 0.0300. The Bertz CT molecular complexity index is 644. The van der Waals surface area contributed by atoms with Crippen molar-refractivity contribution in [3.63, 3.8) is 0 Å². The fourth-order valence-corrected chi connectivity index (χ4v) is 1.82. The molecular weight excluding hydrogens is 312 g/mol. The fourth-order valence-electron chi connectivity index (χ4n) is 1.48. The Labute approximate surface area is 118 Å². The number of nitrogens with two attached hydrogens (primary N) is 1. The molecule has 0 aliphatic rings. The van der Waals surface area contributed by atoms with Crippen LogP contribution in [0.1, 0.15) is 15.9 Å². The summed E-state index contributed by atoms with van der Waals surface area (Å²) >= 11 is 3.34. The van der Waals surface area contributed by atoms with Crippen molar-refractivity contribution in [2.75, 3.05) is 5.73 Å². The number of nitrogens with zero attached hydrogens (tertiary/aromatic N) is 1. The van der Waals surface area contributed by atoms with Gasteiger partial charge in [-0.3, -0.25) is 0 Å². The molecule has 98 valence electrons. The fraction of sp³-hybridized carbons (Fsp3) is 0.0769. The van der Waals surface area contributed by atoms with Crippen LogP contribution in [0.25, 0.3) is 0 Å². The average Bonchev–Trinajstić information content (AvgIpc) is 2.36. The van der Waals surface area contributed by atoms with Crippen molar-refractivity contribution < 1.29 is 14.6 Å². The first-order valence-corrected chi connectivity index (χ1v) is 6.19. The maximum Gasteiger partial charge on any atom is 0.338 e. The van der Waals surface area contributed by atoms with Gasteiger partial charge in [-0.05, 0) is 24.6 Å². The van der Waals surface area contributed by atoms with Crippen LogP contribution in [0.5, 0.6) is 11.6 Å². The van der Waals surface area contributed by atoms with Gasteiger partial charge in [-0.25, -0.2) is 9.78 Å². The Balaban J connectivity index is 2.36. The van der Waals surface area contributed by atoms with Crippen molar-refractivity contribution in [2.45, 2.75) is 6.92 Å². The monoisotopic (exact) mass is 322 g/mol. The number of nitrogen functional groups attached to an aromatic ring is 1. The van der Waals surface area contributed by atoms with Crippen LogP contribution < -0.4 is 10.5 Å². The Kier molecular flexibility index (Phi) is 3.71. The number of carbonyl (C=O) groups is 1. The molecule has 5 nitrogen and oxygen atoms in total. The first-order valence-electron chi connectivity index (χ1n) is 5.40. The number of carboxylic acid groups (broad SMARTS) is 1. The third-order valence-electron chi connectivity index (χ3n) is 2.50. The summed E-state index contributed by atoms with van der Waals surface area (Å²) < 4.78 is 6.44. The van der Waals surface area contributed by atoms with E-state index in [9.17, 15) is 4.79 Å². The van der Waals surface area contributed by atoms with Gasteiger partial charge in [0, 0.05) is 10.5 Å². The lowest BCUT2D eigenvalue weighted by Crippen LogP contribution is -2.04. The lowest BCUT2D eigenvalue weighted by atomic mass is 10.2. The zero-order chi connectivity index (χ0) is 14.0. The van der Waals surface area contributed by atoms with Crippen LogP contribution in [0.4, 0.5) is 5.69 Å². The molecule has 0 unspecified atom stereocenters. The predicted octanol–water partition coefficient (Wildman–Crippen LogP) is 3.23. The molecule has 0 spiro atoms. The lowest BCUT2D eigenvalue weighted by molar-refractivity contribution is 0.0697. The van der Waals surface area contributed by atoms with Gasteiger partial charge in [0.25, 0.3) is 0 Å². The quantitative estimate of drug-likeness (QED) is 0.906. The molecule has 0 radical (unpaired) electrons. The first kappa shape index (κ1) is 13.4. The van der Waals surface area contributed by atoms with E-state index < -0.39 is 5.97 Å². The van der Waals surface area contributed by atoms with Crippen LogP contribution >= 0.6 is 15.9 Å². The number of ether oxygens (including phenoxy) is 1. The number of aryl methyl sites for hydroxylation is 1. The topological polar surface area (TPSA) is 85.4 Å². The highest BCUT2D eigenvalue weighted by Gasteiger charge is 2.11. The number of rotatable bonds is 3. The van der Waals surface area contributed by atoms with E-state index in [0.29, 0.717) is 5.75 Å². The molecule has 2 aromatic rings. The molecule has 6 heteroatoms. The van der Waals surface area contributed by atoms with Crippen molar-refractivity contribution in [3.05, 3.63) is 46.1 Å². The summed E-state index contributed by atoms with van der Waals surface area (Å²) in [6.45, 7) is 1.89. The van der Waals surface area contributed by atoms with Gasteiger partial charge in [0.1, 0.15) is 5.75 Å². The Morgan fingerprint density at radius 2 is 2.16 bits per heavy atom. The lowest BCUT2D eigenvalue weighted by Gasteiger charge is -2.09. The van der Waals surface area contributed by atoms with Crippen LogP contribution in [-0.2, 0) is 0 Å². The summed E-state index contributed by atoms with van der Waals surface area (Å²) in [4.78, 5) is 14.9. The highest BCUT2D eigenvalue weighted by atomic mass is 79.9. The average molecular weight is 323 g/mol. The summed E-state index contributed by atoms with van der Waals surface area (Å²) in [5, 5.41) is 8.98. The number of aromatic carboxylic acids is 1. The van der Waals surface area contributed by atoms with Crippen LogP contribution in [0.2, 0.25) is 0 Å². The number of hydrogen-bond donors (Lipinski definition) is 2. The Hall–Kier alpha value is -2.08. The van der Waals surface area contributed by atoms with Crippen LogP contribution in [0.15, 0.2) is 34.9 Å². The van der Waals surface area contributed by atoms with E-state index in [1.165, 1.54) is 12.3 Å². The predicted molar refractivity (Wildman–Crippen MR) is 74.6 cm³/mol.